The summed E-state index contributed by atoms with van der Waals surface area (Å²) in [6, 6.07) is 0. The maximum Gasteiger partial charge on any atom is 0.0534 e. The number of hydrogen-bond donors (Lipinski definition) is 0. The van der Waals surface area contributed by atoms with Crippen LogP contribution >= 0.6 is 8.58 Å². The minimum absolute atomic E-state index is 0.936. The number of hydrogen-bond acceptors (Lipinski definition) is 1. The van der Waals surface area contributed by atoms with Crippen molar-refractivity contribution in [1.82, 2.24) is 0 Å². The second kappa shape index (κ2) is 6.71. The first-order valence-electron chi connectivity index (χ1n) is 8.27. The van der Waals surface area contributed by atoms with Crippen LogP contribution < -0.4 is 0 Å². The van der Waals surface area contributed by atoms with E-state index in [1.807, 2.05) is 0 Å². The zero-order chi connectivity index (χ0) is 12.2. The Morgan fingerprint density at radius 2 is 1.06 bits per heavy atom. The predicted octanol–water partition coefficient (Wildman–Crippen LogP) is 4.59. The van der Waals surface area contributed by atoms with Crippen LogP contribution in [0.3, 0.4) is 0 Å². The van der Waals surface area contributed by atoms with Gasteiger partial charge in [0.2, 0.25) is 0 Å². The highest BCUT2D eigenvalue weighted by molar-refractivity contribution is 7.40. The molecule has 0 N–H and O–H groups in total. The molecular formula is C16H29OP. The van der Waals surface area contributed by atoms with Crippen molar-refractivity contribution in [2.24, 2.45) is 11.8 Å². The van der Waals surface area contributed by atoms with Crippen LogP contribution in [0.25, 0.3) is 0 Å². The minimum atomic E-state index is 0.936. The largest absolute Gasteiger partial charge is 0.380 e. The molecule has 2 aliphatic carbocycles. The summed E-state index contributed by atoms with van der Waals surface area (Å²) in [6.45, 7) is 2.18. The molecule has 2 saturated carbocycles. The van der Waals surface area contributed by atoms with E-state index in [-0.39, 0.29) is 0 Å². The Balaban J connectivity index is 1.53. The fourth-order valence-electron chi connectivity index (χ4n) is 4.31. The zero-order valence-electron chi connectivity index (χ0n) is 11.7. The summed E-state index contributed by atoms with van der Waals surface area (Å²) in [4.78, 5) is 0. The lowest BCUT2D eigenvalue weighted by Gasteiger charge is -2.40. The van der Waals surface area contributed by atoms with Gasteiger partial charge in [0.05, 0.1) is 13.2 Å². The van der Waals surface area contributed by atoms with E-state index in [1.165, 1.54) is 72.8 Å². The fraction of sp³-hybridized carbons (Fsp3) is 1.00. The number of rotatable bonds is 2. The standard InChI is InChI=1S/C16H29OP/c1-3-7-13(8-4-1)15-11-17-12-16(18-15)14-9-5-2-6-10-14/h13-16,18H,1-12H2/t15-,16-/m0/s1. The minimum Gasteiger partial charge on any atom is -0.380 e. The van der Waals surface area contributed by atoms with Crippen LogP contribution in [0.4, 0.5) is 0 Å². The molecule has 0 aromatic carbocycles. The van der Waals surface area contributed by atoms with Gasteiger partial charge in [-0.1, -0.05) is 38.5 Å². The van der Waals surface area contributed by atoms with Gasteiger partial charge in [0.1, 0.15) is 0 Å². The van der Waals surface area contributed by atoms with E-state index in [0.717, 1.165) is 36.4 Å². The molecule has 0 aromatic rings. The van der Waals surface area contributed by atoms with Crippen molar-refractivity contribution < 1.29 is 4.74 Å². The molecule has 0 amide bonds. The SMILES string of the molecule is C1CCC([C@@H]2COC[C@@H](C3CCCCC3)P2)CC1. The van der Waals surface area contributed by atoms with Gasteiger partial charge in [0, 0.05) is 11.3 Å². The third-order valence-corrected chi connectivity index (χ3v) is 7.59. The van der Waals surface area contributed by atoms with Crippen LogP contribution in [0.1, 0.15) is 64.2 Å². The molecule has 18 heavy (non-hydrogen) atoms. The normalized spacial score (nSPS) is 36.7. The Morgan fingerprint density at radius 3 is 1.50 bits per heavy atom. The van der Waals surface area contributed by atoms with Gasteiger partial charge < -0.3 is 4.74 Å². The Hall–Kier alpha value is 0.390. The Kier molecular flexibility index (Phi) is 4.98. The van der Waals surface area contributed by atoms with Crippen LogP contribution in [0, 0.1) is 11.8 Å². The van der Waals surface area contributed by atoms with Crippen LogP contribution in [-0.4, -0.2) is 24.5 Å². The molecule has 3 rings (SSSR count). The highest BCUT2D eigenvalue weighted by Gasteiger charge is 2.33. The third-order valence-electron chi connectivity index (χ3n) is 5.46. The molecule has 0 spiro atoms. The summed E-state index contributed by atoms with van der Waals surface area (Å²) < 4.78 is 6.01. The molecule has 0 aromatic heterocycles. The molecule has 1 heterocycles. The third kappa shape index (κ3) is 3.28. The maximum absolute atomic E-state index is 6.01. The van der Waals surface area contributed by atoms with Crippen molar-refractivity contribution in [3.63, 3.8) is 0 Å². The first-order chi connectivity index (χ1) is 8.93. The topological polar surface area (TPSA) is 9.23 Å². The van der Waals surface area contributed by atoms with Gasteiger partial charge >= 0.3 is 0 Å². The van der Waals surface area contributed by atoms with E-state index in [1.54, 1.807) is 0 Å². The summed E-state index contributed by atoms with van der Waals surface area (Å²) in [5, 5.41) is 0. The lowest BCUT2D eigenvalue weighted by atomic mass is 9.86. The van der Waals surface area contributed by atoms with Crippen molar-refractivity contribution in [2.45, 2.75) is 75.5 Å². The first-order valence-corrected chi connectivity index (χ1v) is 9.43. The van der Waals surface area contributed by atoms with Gasteiger partial charge in [-0.05, 0) is 37.5 Å². The summed E-state index contributed by atoms with van der Waals surface area (Å²) in [5.41, 5.74) is 1.87. The predicted molar refractivity (Wildman–Crippen MR) is 79.9 cm³/mol. The van der Waals surface area contributed by atoms with Crippen molar-refractivity contribution in [1.29, 1.82) is 0 Å². The second-order valence-electron chi connectivity index (χ2n) is 6.71. The molecule has 0 unspecified atom stereocenters. The molecule has 1 saturated heterocycles. The highest BCUT2D eigenvalue weighted by atomic mass is 31.1. The van der Waals surface area contributed by atoms with Gasteiger partial charge in [0.15, 0.2) is 0 Å². The monoisotopic (exact) mass is 268 g/mol. The van der Waals surface area contributed by atoms with Crippen molar-refractivity contribution >= 4 is 8.58 Å². The van der Waals surface area contributed by atoms with Gasteiger partial charge in [-0.15, -0.1) is 8.58 Å². The average Bonchev–Trinajstić information content (AvgIpc) is 2.49. The first kappa shape index (κ1) is 13.4. The van der Waals surface area contributed by atoms with Gasteiger partial charge in [-0.3, -0.25) is 0 Å². The average molecular weight is 268 g/mol. The lowest BCUT2D eigenvalue weighted by Crippen LogP contribution is -2.36. The van der Waals surface area contributed by atoms with Gasteiger partial charge in [-0.25, -0.2) is 0 Å². The van der Waals surface area contributed by atoms with E-state index >= 15 is 0 Å². The van der Waals surface area contributed by atoms with Crippen molar-refractivity contribution in [2.75, 3.05) is 13.2 Å². The fourth-order valence-corrected chi connectivity index (χ4v) is 6.50. The summed E-state index contributed by atoms with van der Waals surface area (Å²) >= 11 is 0. The Bertz CT molecular complexity index is 219. The Labute approximate surface area is 114 Å². The molecule has 0 bridgehead atoms. The molecular weight excluding hydrogens is 239 g/mol. The van der Waals surface area contributed by atoms with Crippen LogP contribution in [0.15, 0.2) is 0 Å². The van der Waals surface area contributed by atoms with E-state index in [9.17, 15) is 0 Å². The van der Waals surface area contributed by atoms with Gasteiger partial charge in [-0.2, -0.15) is 0 Å². The molecule has 104 valence electrons. The molecule has 3 fully saturated rings. The van der Waals surface area contributed by atoms with Crippen LogP contribution in [0.5, 0.6) is 0 Å². The van der Waals surface area contributed by atoms with E-state index < -0.39 is 0 Å². The van der Waals surface area contributed by atoms with Crippen LogP contribution in [0.2, 0.25) is 0 Å². The van der Waals surface area contributed by atoms with E-state index in [4.69, 9.17) is 4.74 Å². The van der Waals surface area contributed by atoms with Crippen molar-refractivity contribution in [3.05, 3.63) is 0 Å². The highest BCUT2D eigenvalue weighted by Crippen LogP contribution is 2.45. The van der Waals surface area contributed by atoms with Crippen molar-refractivity contribution in [3.8, 4) is 0 Å². The van der Waals surface area contributed by atoms with E-state index in [2.05, 4.69) is 0 Å². The molecule has 2 atom stereocenters. The zero-order valence-corrected chi connectivity index (χ0v) is 12.7. The van der Waals surface area contributed by atoms with E-state index in [0.29, 0.717) is 0 Å². The quantitative estimate of drug-likeness (QED) is 0.665. The molecule has 1 nitrogen and oxygen atoms in total. The van der Waals surface area contributed by atoms with Crippen LogP contribution in [-0.2, 0) is 4.74 Å². The summed E-state index contributed by atoms with van der Waals surface area (Å²) in [5.74, 6) is 2.03. The summed E-state index contributed by atoms with van der Waals surface area (Å²) in [6.07, 6.45) is 14.9. The second-order valence-corrected chi connectivity index (χ2v) is 8.53. The molecule has 1 aliphatic heterocycles. The maximum atomic E-state index is 6.01. The number of ether oxygens (including phenoxy) is 1. The smallest absolute Gasteiger partial charge is 0.0534 e. The Morgan fingerprint density at radius 1 is 0.611 bits per heavy atom. The van der Waals surface area contributed by atoms with Gasteiger partial charge in [0.25, 0.3) is 0 Å². The molecule has 3 aliphatic rings. The molecule has 0 radical (unpaired) electrons. The molecule has 2 heteroatoms. The lowest BCUT2D eigenvalue weighted by molar-refractivity contribution is 0.0906. The summed E-state index contributed by atoms with van der Waals surface area (Å²) in [7, 11) is 1.22.